The number of amides is 1. The quantitative estimate of drug-likeness (QED) is 0.268. The van der Waals surface area contributed by atoms with Gasteiger partial charge in [-0.3, -0.25) is 19.0 Å². The van der Waals surface area contributed by atoms with E-state index >= 15 is 0 Å². The molecule has 10 nitrogen and oxygen atoms in total. The van der Waals surface area contributed by atoms with Crippen LogP contribution in [0, 0.1) is 17.8 Å². The number of esters is 1. The van der Waals surface area contributed by atoms with Crippen LogP contribution in [-0.2, 0) is 9.53 Å². The number of rotatable bonds is 4. The first-order chi connectivity index (χ1) is 19.4. The Morgan fingerprint density at radius 3 is 2.75 bits per heavy atom. The van der Waals surface area contributed by atoms with Crippen molar-refractivity contribution >= 4 is 34.0 Å². The molecule has 2 aromatic carbocycles. The second-order valence-corrected chi connectivity index (χ2v) is 9.58. The lowest BCUT2D eigenvalue weighted by atomic mass is 10.0. The molecule has 1 aliphatic heterocycles. The number of hydrogen-bond acceptors (Lipinski definition) is 7. The van der Waals surface area contributed by atoms with Crippen LogP contribution >= 0.6 is 0 Å². The fraction of sp³-hybridized carbons (Fsp3) is 0.167. The molecule has 0 bridgehead atoms. The fourth-order valence-electron chi connectivity index (χ4n) is 4.83. The Morgan fingerprint density at radius 2 is 1.98 bits per heavy atom. The van der Waals surface area contributed by atoms with Crippen LogP contribution in [0.5, 0.6) is 0 Å². The molecule has 10 heteroatoms. The average Bonchev–Trinajstić information content (AvgIpc) is 3.57. The van der Waals surface area contributed by atoms with Crippen LogP contribution in [-0.4, -0.2) is 37.6 Å². The van der Waals surface area contributed by atoms with Gasteiger partial charge >= 0.3 is 5.97 Å². The van der Waals surface area contributed by atoms with Gasteiger partial charge in [0, 0.05) is 16.9 Å². The number of nitrogen functional groups attached to an aromatic ring is 1. The molecule has 6 rings (SSSR count). The Morgan fingerprint density at radius 1 is 1.15 bits per heavy atom. The minimum Gasteiger partial charge on any atom is -0.464 e. The highest BCUT2D eigenvalue weighted by molar-refractivity contribution is 6.00. The maximum Gasteiger partial charge on any atom is 0.307 e. The van der Waals surface area contributed by atoms with Crippen LogP contribution < -0.4 is 16.6 Å². The van der Waals surface area contributed by atoms with Crippen molar-refractivity contribution in [3.05, 3.63) is 100 Å². The highest BCUT2D eigenvalue weighted by atomic mass is 16.5. The number of nitrogens with zero attached hydrogens (tertiary/aromatic N) is 4. The number of aromatic nitrogens is 4. The number of nitrogens with one attached hydrogen (secondary N) is 1. The van der Waals surface area contributed by atoms with Crippen molar-refractivity contribution in [3.8, 4) is 17.5 Å². The predicted molar refractivity (Wildman–Crippen MR) is 149 cm³/mol. The lowest BCUT2D eigenvalue weighted by molar-refractivity contribution is -0.137. The van der Waals surface area contributed by atoms with Gasteiger partial charge in [-0.1, -0.05) is 42.2 Å². The van der Waals surface area contributed by atoms with E-state index in [-0.39, 0.29) is 41.9 Å². The molecule has 198 valence electrons. The predicted octanol–water partition coefficient (Wildman–Crippen LogP) is 3.02. The first-order valence-electron chi connectivity index (χ1n) is 12.7. The molecule has 0 saturated carbocycles. The third-order valence-electron chi connectivity index (χ3n) is 6.77. The number of nitrogens with two attached hydrogens (primary N) is 1. The molecule has 0 radical (unpaired) electrons. The summed E-state index contributed by atoms with van der Waals surface area (Å²) in [6, 6.07) is 16.0. The molecule has 1 aliphatic rings. The number of fused-ring (bicyclic) bond motifs is 2. The summed E-state index contributed by atoms with van der Waals surface area (Å²) in [7, 11) is 0. The summed E-state index contributed by atoms with van der Waals surface area (Å²) in [6.07, 6.45) is 4.72. The Balaban J connectivity index is 1.43. The molecule has 5 aromatic rings. The summed E-state index contributed by atoms with van der Waals surface area (Å²) in [5.74, 6) is 5.31. The number of anilines is 1. The average molecular weight is 533 g/mol. The normalized spacial score (nSPS) is 15.4. The van der Waals surface area contributed by atoms with Gasteiger partial charge in [-0.15, -0.1) is 0 Å². The first kappa shape index (κ1) is 24.9. The third kappa shape index (κ3) is 4.54. The topological polar surface area (TPSA) is 134 Å². The lowest BCUT2D eigenvalue weighted by Gasteiger charge is -2.21. The summed E-state index contributed by atoms with van der Waals surface area (Å²) in [5.41, 5.74) is 8.39. The van der Waals surface area contributed by atoms with Crippen LogP contribution in [0.15, 0.2) is 78.0 Å². The van der Waals surface area contributed by atoms with Crippen molar-refractivity contribution in [2.75, 3.05) is 12.3 Å². The zero-order chi connectivity index (χ0) is 27.8. The third-order valence-corrected chi connectivity index (χ3v) is 6.77. The molecule has 1 fully saturated rings. The van der Waals surface area contributed by atoms with E-state index in [2.05, 4.69) is 27.2 Å². The maximum absolute atomic E-state index is 14.1. The van der Waals surface area contributed by atoms with Gasteiger partial charge < -0.3 is 15.8 Å². The molecule has 4 heterocycles. The van der Waals surface area contributed by atoms with E-state index in [4.69, 9.17) is 10.5 Å². The molecule has 1 amide bonds. The van der Waals surface area contributed by atoms with Gasteiger partial charge in [0.25, 0.3) is 11.5 Å². The van der Waals surface area contributed by atoms with Crippen molar-refractivity contribution in [3.63, 3.8) is 0 Å². The molecular weight excluding hydrogens is 508 g/mol. The summed E-state index contributed by atoms with van der Waals surface area (Å²) >= 11 is 0. The number of benzene rings is 2. The van der Waals surface area contributed by atoms with Gasteiger partial charge in [-0.25, -0.2) is 9.50 Å². The minimum absolute atomic E-state index is 0.209. The van der Waals surface area contributed by atoms with Gasteiger partial charge in [0.05, 0.1) is 48.0 Å². The van der Waals surface area contributed by atoms with Crippen LogP contribution in [0.4, 0.5) is 5.69 Å². The molecule has 0 aliphatic carbocycles. The van der Waals surface area contributed by atoms with Crippen LogP contribution in [0.1, 0.15) is 41.0 Å². The highest BCUT2D eigenvalue weighted by Gasteiger charge is 2.23. The van der Waals surface area contributed by atoms with E-state index in [1.54, 1.807) is 16.8 Å². The number of carbonyl (C=O) groups excluding carboxylic acids is 2. The van der Waals surface area contributed by atoms with Crippen LogP contribution in [0.25, 0.3) is 22.1 Å². The van der Waals surface area contributed by atoms with Gasteiger partial charge in [0.2, 0.25) is 0 Å². The van der Waals surface area contributed by atoms with E-state index in [9.17, 15) is 14.4 Å². The molecular formula is C30H24N6O4. The van der Waals surface area contributed by atoms with Crippen LogP contribution in [0.2, 0.25) is 0 Å². The van der Waals surface area contributed by atoms with Gasteiger partial charge in [-0.05, 0) is 36.6 Å². The van der Waals surface area contributed by atoms with Crippen molar-refractivity contribution < 1.29 is 14.3 Å². The highest BCUT2D eigenvalue weighted by Crippen LogP contribution is 2.24. The molecule has 3 aromatic heterocycles. The second-order valence-electron chi connectivity index (χ2n) is 9.58. The monoisotopic (exact) mass is 532 g/mol. The minimum atomic E-state index is -0.565. The number of para-hydroxylation sites is 1. The summed E-state index contributed by atoms with van der Waals surface area (Å²) in [4.78, 5) is 43.1. The fourth-order valence-corrected chi connectivity index (χ4v) is 4.83. The summed E-state index contributed by atoms with van der Waals surface area (Å²) in [5, 5.41) is 8.31. The van der Waals surface area contributed by atoms with E-state index in [1.807, 2.05) is 55.5 Å². The molecule has 40 heavy (non-hydrogen) atoms. The number of cyclic esters (lactones) is 1. The molecule has 1 saturated heterocycles. The lowest BCUT2D eigenvalue weighted by Crippen LogP contribution is -2.32. The second kappa shape index (κ2) is 10.0. The Labute approximate surface area is 228 Å². The molecule has 2 atom stereocenters. The largest absolute Gasteiger partial charge is 0.464 e. The van der Waals surface area contributed by atoms with Gasteiger partial charge in [0.1, 0.15) is 12.2 Å². The van der Waals surface area contributed by atoms with E-state index in [1.165, 1.54) is 16.9 Å². The molecule has 3 N–H and O–H groups in total. The van der Waals surface area contributed by atoms with E-state index in [0.29, 0.717) is 39.1 Å². The Kier molecular flexibility index (Phi) is 6.24. The Hall–Kier alpha value is -5.43. The first-order valence-corrected chi connectivity index (χ1v) is 12.7. The van der Waals surface area contributed by atoms with Crippen molar-refractivity contribution in [2.45, 2.75) is 19.4 Å². The number of ether oxygens (including phenoxy) is 1. The summed E-state index contributed by atoms with van der Waals surface area (Å²) in [6.45, 7) is 2.07. The van der Waals surface area contributed by atoms with Gasteiger partial charge in [-0.2, -0.15) is 5.10 Å². The van der Waals surface area contributed by atoms with Crippen molar-refractivity contribution in [1.82, 2.24) is 24.5 Å². The van der Waals surface area contributed by atoms with Crippen LogP contribution in [0.3, 0.4) is 0 Å². The zero-order valence-corrected chi connectivity index (χ0v) is 21.5. The molecule has 0 spiro atoms. The number of hydrogen-bond donors (Lipinski definition) is 2. The number of pyridine rings is 1. The standard InChI is InChI=1S/C30H24N6O4/c1-18(34-29(38)24-15-33-35-16-22(31)14-32-28(24)35)25-13-21-7-5-6-20(11-10-19-12-26(37)40-17-19)27(21)30(39)36(25)23-8-3-2-4-9-23/h2-9,13-16,18-19H,12,17,31H2,1H3,(H,34,38)/t18-,19?/m0/s1. The van der Waals surface area contributed by atoms with E-state index in [0.717, 1.165) is 0 Å². The van der Waals surface area contributed by atoms with E-state index < -0.39 is 6.04 Å². The smallest absolute Gasteiger partial charge is 0.307 e. The zero-order valence-electron chi connectivity index (χ0n) is 21.5. The van der Waals surface area contributed by atoms with Crippen molar-refractivity contribution in [1.29, 1.82) is 0 Å². The molecule has 1 unspecified atom stereocenters. The SMILES string of the molecule is C[C@H](NC(=O)c1cnn2cc(N)cnc12)c1cc2cccc(C#CC3COC(=O)C3)c2c(=O)n1-c1ccccc1. The maximum atomic E-state index is 14.1. The Bertz CT molecular complexity index is 1920. The van der Waals surface area contributed by atoms with Gasteiger partial charge in [0.15, 0.2) is 5.65 Å². The van der Waals surface area contributed by atoms with Crippen molar-refractivity contribution in [2.24, 2.45) is 5.92 Å². The number of carbonyl (C=O) groups is 2. The summed E-state index contributed by atoms with van der Waals surface area (Å²) < 4.78 is 8.05.